The molecule has 27 heavy (non-hydrogen) atoms. The van der Waals surface area contributed by atoms with Gasteiger partial charge in [-0.15, -0.1) is 0 Å². The average molecular weight is 443 g/mol. The fourth-order valence-electron chi connectivity index (χ4n) is 1.66. The minimum atomic E-state index is -5.11. The second kappa shape index (κ2) is 13.4. The minimum Gasteiger partial charge on any atom is -0.323 e. The normalized spacial score (nSPS) is 21.0. The van der Waals surface area contributed by atoms with E-state index in [0.717, 1.165) is 0 Å². The van der Waals surface area contributed by atoms with Crippen LogP contribution in [-0.2, 0) is 10.1 Å². The van der Waals surface area contributed by atoms with Crippen molar-refractivity contribution in [2.75, 3.05) is 26.5 Å². The number of alkyl halides is 9. The summed E-state index contributed by atoms with van der Waals surface area (Å²) in [6.45, 7) is -1.44. The second-order valence-corrected chi connectivity index (χ2v) is 6.92. The topological polar surface area (TPSA) is 66.4 Å². The molecule has 0 bridgehead atoms. The van der Waals surface area contributed by atoms with Crippen LogP contribution >= 0.6 is 0 Å². The van der Waals surface area contributed by atoms with E-state index in [0.29, 0.717) is 0 Å². The molecule has 8 atom stereocenters. The highest BCUT2D eigenvalue weighted by atomic mass is 32.2. The lowest BCUT2D eigenvalue weighted by atomic mass is 9.97. The molecular formula is C13H22F9NO3S. The van der Waals surface area contributed by atoms with E-state index in [1.165, 1.54) is 0 Å². The van der Waals surface area contributed by atoms with Gasteiger partial charge in [0.15, 0.2) is 43.2 Å². The predicted molar refractivity (Wildman–Crippen MR) is 81.2 cm³/mol. The maximum absolute atomic E-state index is 13.3. The summed E-state index contributed by atoms with van der Waals surface area (Å²) in [6.07, 6.45) is -29.3. The zero-order valence-electron chi connectivity index (χ0n) is 14.3. The van der Waals surface area contributed by atoms with Crippen molar-refractivity contribution in [2.45, 2.75) is 55.8 Å². The molecule has 0 radical (unpaired) electrons. The lowest BCUT2D eigenvalue weighted by Crippen LogP contribution is -2.47. The van der Waals surface area contributed by atoms with E-state index in [9.17, 15) is 47.9 Å². The first-order chi connectivity index (χ1) is 12.2. The van der Waals surface area contributed by atoms with Crippen molar-refractivity contribution in [3.05, 3.63) is 0 Å². The highest BCUT2D eigenvalue weighted by Gasteiger charge is 2.47. The van der Waals surface area contributed by atoms with Crippen LogP contribution in [0, 0.1) is 0 Å². The summed E-state index contributed by atoms with van der Waals surface area (Å²) in [5.41, 5.74) is 0. The van der Waals surface area contributed by atoms with E-state index >= 15 is 0 Å². The van der Waals surface area contributed by atoms with Crippen molar-refractivity contribution in [1.82, 2.24) is 5.32 Å². The maximum atomic E-state index is 13.3. The Balaban J connectivity index is 0. The average Bonchev–Trinajstić information content (AvgIpc) is 2.57. The SMILES string of the molecule is CNC.O=S(=O)(O)CC(F)C(F)C(F)C(F)C(F)C(F)C(F)C(F)CCF. The quantitative estimate of drug-likeness (QED) is 0.381. The van der Waals surface area contributed by atoms with Gasteiger partial charge in [0.1, 0.15) is 11.9 Å². The lowest BCUT2D eigenvalue weighted by molar-refractivity contribution is -0.0452. The van der Waals surface area contributed by atoms with E-state index in [2.05, 4.69) is 5.32 Å². The van der Waals surface area contributed by atoms with Crippen LogP contribution in [0.1, 0.15) is 6.42 Å². The van der Waals surface area contributed by atoms with Gasteiger partial charge in [-0.1, -0.05) is 0 Å². The van der Waals surface area contributed by atoms with Gasteiger partial charge in [0, 0.05) is 6.42 Å². The smallest absolute Gasteiger partial charge is 0.267 e. The van der Waals surface area contributed by atoms with E-state index in [1.54, 1.807) is 0 Å². The third kappa shape index (κ3) is 11.0. The molecule has 0 aliphatic rings. The summed E-state index contributed by atoms with van der Waals surface area (Å²) < 4.78 is 146. The zero-order valence-corrected chi connectivity index (χ0v) is 15.1. The Kier molecular flexibility index (Phi) is 14.1. The molecule has 0 aromatic rings. The van der Waals surface area contributed by atoms with Crippen LogP contribution in [0.25, 0.3) is 0 Å². The Morgan fingerprint density at radius 3 is 1.33 bits per heavy atom. The van der Waals surface area contributed by atoms with Gasteiger partial charge in [0.05, 0.1) is 6.67 Å². The number of rotatable bonds is 11. The monoisotopic (exact) mass is 443 g/mol. The molecule has 0 aromatic heterocycles. The van der Waals surface area contributed by atoms with E-state index in [1.807, 2.05) is 14.1 Å². The number of hydrogen-bond acceptors (Lipinski definition) is 3. The van der Waals surface area contributed by atoms with Crippen LogP contribution in [0.5, 0.6) is 0 Å². The Morgan fingerprint density at radius 1 is 0.741 bits per heavy atom. The van der Waals surface area contributed by atoms with Crippen molar-refractivity contribution in [1.29, 1.82) is 0 Å². The van der Waals surface area contributed by atoms with Crippen molar-refractivity contribution >= 4 is 10.1 Å². The summed E-state index contributed by atoms with van der Waals surface area (Å²) in [7, 11) is -1.36. The Morgan fingerprint density at radius 2 is 1.04 bits per heavy atom. The molecule has 0 aliphatic heterocycles. The van der Waals surface area contributed by atoms with Crippen LogP contribution in [0.15, 0.2) is 0 Å². The molecule has 0 saturated carbocycles. The van der Waals surface area contributed by atoms with Crippen LogP contribution < -0.4 is 5.32 Å². The summed E-state index contributed by atoms with van der Waals surface area (Å²) in [4.78, 5) is 0. The molecule has 166 valence electrons. The molecule has 0 rings (SSSR count). The maximum Gasteiger partial charge on any atom is 0.267 e. The van der Waals surface area contributed by atoms with Crippen molar-refractivity contribution in [2.24, 2.45) is 0 Å². The minimum absolute atomic E-state index is 1.18. The summed E-state index contributed by atoms with van der Waals surface area (Å²) in [5, 5.41) is 2.75. The molecule has 0 aromatic carbocycles. The highest BCUT2D eigenvalue weighted by Crippen LogP contribution is 2.28. The standard InChI is InChI=1S/C11H15F9O3S.C2H7N/c12-2-1-4(13)6(15)8(17)10(19)11(20)9(18)7(16)5(14)3-24(21,22)23;1-3-2/h4-11H,1-3H2,(H,21,22,23);3H,1-2H3. The molecule has 8 unspecified atom stereocenters. The van der Waals surface area contributed by atoms with Gasteiger partial charge in [-0.3, -0.25) is 8.94 Å². The first kappa shape index (κ1) is 28.4. The fourth-order valence-corrected chi connectivity index (χ4v) is 2.24. The molecule has 0 heterocycles. The Bertz CT molecular complexity index is 488. The van der Waals surface area contributed by atoms with Crippen molar-refractivity contribution in [3.8, 4) is 0 Å². The highest BCUT2D eigenvalue weighted by molar-refractivity contribution is 7.85. The van der Waals surface area contributed by atoms with E-state index < -0.39 is 78.3 Å². The Hall–Kier alpha value is -0.760. The second-order valence-electron chi connectivity index (χ2n) is 5.42. The number of halogens is 9. The Labute approximate surface area is 151 Å². The summed E-state index contributed by atoms with van der Waals surface area (Å²) >= 11 is 0. The molecule has 0 amide bonds. The third-order valence-electron chi connectivity index (χ3n) is 2.97. The first-order valence-electron chi connectivity index (χ1n) is 7.47. The number of nitrogens with one attached hydrogen (secondary N) is 1. The zero-order chi connectivity index (χ0) is 21.9. The van der Waals surface area contributed by atoms with Crippen LogP contribution in [-0.4, -0.2) is 88.9 Å². The molecule has 2 N–H and O–H groups in total. The van der Waals surface area contributed by atoms with Crippen molar-refractivity contribution < 1.29 is 52.5 Å². The molecule has 14 heteroatoms. The van der Waals surface area contributed by atoms with Gasteiger partial charge in [-0.2, -0.15) is 8.42 Å². The predicted octanol–water partition coefficient (Wildman–Crippen LogP) is 2.77. The molecule has 0 saturated heterocycles. The fraction of sp³-hybridized carbons (Fsp3) is 1.00. The molecule has 0 fully saturated rings. The number of hydrogen-bond donors (Lipinski definition) is 2. The van der Waals surface area contributed by atoms with Gasteiger partial charge in [0.25, 0.3) is 10.1 Å². The van der Waals surface area contributed by atoms with Crippen molar-refractivity contribution in [3.63, 3.8) is 0 Å². The van der Waals surface area contributed by atoms with Gasteiger partial charge < -0.3 is 5.32 Å². The van der Waals surface area contributed by atoms with Crippen LogP contribution in [0.3, 0.4) is 0 Å². The van der Waals surface area contributed by atoms with E-state index in [4.69, 9.17) is 4.55 Å². The van der Waals surface area contributed by atoms with Gasteiger partial charge >= 0.3 is 0 Å². The molecule has 0 spiro atoms. The molecular weight excluding hydrogens is 421 g/mol. The third-order valence-corrected chi connectivity index (χ3v) is 3.71. The first-order valence-corrected chi connectivity index (χ1v) is 9.08. The van der Waals surface area contributed by atoms with Gasteiger partial charge in [-0.05, 0) is 14.1 Å². The largest absolute Gasteiger partial charge is 0.323 e. The van der Waals surface area contributed by atoms with E-state index in [-0.39, 0.29) is 0 Å². The van der Waals surface area contributed by atoms with Gasteiger partial charge in [0.2, 0.25) is 0 Å². The van der Waals surface area contributed by atoms with Crippen LogP contribution in [0.4, 0.5) is 39.5 Å². The summed E-state index contributed by atoms with van der Waals surface area (Å²) in [6, 6.07) is 0. The lowest BCUT2D eigenvalue weighted by Gasteiger charge is -2.26. The molecule has 4 nitrogen and oxygen atoms in total. The summed E-state index contributed by atoms with van der Waals surface area (Å²) in [5.74, 6) is -1.98. The molecule has 0 aliphatic carbocycles. The van der Waals surface area contributed by atoms with Crippen LogP contribution in [0.2, 0.25) is 0 Å². The van der Waals surface area contributed by atoms with Gasteiger partial charge in [-0.25, -0.2) is 35.1 Å².